The predicted molar refractivity (Wildman–Crippen MR) is 77.3 cm³/mol. The lowest BCUT2D eigenvalue weighted by molar-refractivity contribution is 0.0955. The highest BCUT2D eigenvalue weighted by atomic mass is 32.2. The van der Waals surface area contributed by atoms with Crippen LogP contribution in [0.15, 0.2) is 17.2 Å². The average Bonchev–Trinajstić information content (AvgIpc) is 3.02. The SMILES string of the molecule is CNC(=O)c1cc(S(=O)(=O)NCC2CCC(O)C2)cn1C. The van der Waals surface area contributed by atoms with E-state index in [2.05, 4.69) is 10.0 Å². The molecule has 1 aliphatic carbocycles. The zero-order valence-corrected chi connectivity index (χ0v) is 13.0. The Labute approximate surface area is 124 Å². The van der Waals surface area contributed by atoms with Gasteiger partial charge in [-0.3, -0.25) is 4.79 Å². The van der Waals surface area contributed by atoms with Crippen LogP contribution >= 0.6 is 0 Å². The molecule has 1 heterocycles. The lowest BCUT2D eigenvalue weighted by atomic mass is 10.1. The summed E-state index contributed by atoms with van der Waals surface area (Å²) in [6.07, 6.45) is 3.26. The number of rotatable bonds is 5. The molecule has 1 aliphatic rings. The molecule has 2 rings (SSSR count). The minimum absolute atomic E-state index is 0.0714. The van der Waals surface area contributed by atoms with E-state index in [1.54, 1.807) is 7.05 Å². The molecule has 1 aromatic heterocycles. The van der Waals surface area contributed by atoms with Crippen molar-refractivity contribution >= 4 is 15.9 Å². The zero-order chi connectivity index (χ0) is 15.6. The molecule has 0 aromatic carbocycles. The van der Waals surface area contributed by atoms with Gasteiger partial charge in [0.1, 0.15) is 10.6 Å². The summed E-state index contributed by atoms with van der Waals surface area (Å²) < 4.78 is 28.5. The Morgan fingerprint density at radius 1 is 1.48 bits per heavy atom. The van der Waals surface area contributed by atoms with Crippen LogP contribution in [-0.4, -0.2) is 43.7 Å². The van der Waals surface area contributed by atoms with Crippen LogP contribution in [-0.2, 0) is 17.1 Å². The molecule has 7 nitrogen and oxygen atoms in total. The third-order valence-electron chi connectivity index (χ3n) is 3.83. The number of carbonyl (C=O) groups excluding carboxylic acids is 1. The fourth-order valence-corrected chi connectivity index (χ4v) is 3.77. The number of nitrogens with zero attached hydrogens (tertiary/aromatic N) is 1. The second-order valence-corrected chi connectivity index (χ2v) is 7.20. The summed E-state index contributed by atoms with van der Waals surface area (Å²) in [5.74, 6) is -0.172. The number of nitrogens with one attached hydrogen (secondary N) is 2. The molecule has 2 unspecified atom stereocenters. The van der Waals surface area contributed by atoms with Gasteiger partial charge in [0.05, 0.1) is 6.10 Å². The quantitative estimate of drug-likeness (QED) is 0.702. The molecule has 0 radical (unpaired) electrons. The number of hydrogen-bond donors (Lipinski definition) is 3. The molecule has 1 amide bonds. The number of hydrogen-bond acceptors (Lipinski definition) is 4. The molecule has 0 bridgehead atoms. The van der Waals surface area contributed by atoms with Gasteiger partial charge in [0.2, 0.25) is 10.0 Å². The van der Waals surface area contributed by atoms with Crippen molar-refractivity contribution in [3.05, 3.63) is 18.0 Å². The molecule has 0 spiro atoms. The normalized spacial score (nSPS) is 22.4. The standard InChI is InChI=1S/C13H21N3O4S/c1-14-13(18)12-6-11(8-16(12)2)21(19,20)15-7-9-3-4-10(17)5-9/h6,8-10,15,17H,3-5,7H2,1-2H3,(H,14,18). The number of aromatic nitrogens is 1. The Kier molecular flexibility index (Phi) is 4.70. The highest BCUT2D eigenvalue weighted by molar-refractivity contribution is 7.89. The molecule has 1 saturated carbocycles. The van der Waals surface area contributed by atoms with Crippen molar-refractivity contribution < 1.29 is 18.3 Å². The fourth-order valence-electron chi connectivity index (χ4n) is 2.58. The van der Waals surface area contributed by atoms with Gasteiger partial charge in [0.25, 0.3) is 5.91 Å². The van der Waals surface area contributed by atoms with Crippen LogP contribution in [0.1, 0.15) is 29.8 Å². The van der Waals surface area contributed by atoms with E-state index in [4.69, 9.17) is 0 Å². The molecular weight excluding hydrogens is 294 g/mol. The molecule has 21 heavy (non-hydrogen) atoms. The maximum atomic E-state index is 12.2. The van der Waals surface area contributed by atoms with E-state index < -0.39 is 10.0 Å². The monoisotopic (exact) mass is 315 g/mol. The van der Waals surface area contributed by atoms with Crippen LogP contribution in [0.5, 0.6) is 0 Å². The van der Waals surface area contributed by atoms with E-state index in [1.807, 2.05) is 0 Å². The summed E-state index contributed by atoms with van der Waals surface area (Å²) in [5.41, 5.74) is 0.286. The second-order valence-electron chi connectivity index (χ2n) is 5.44. The van der Waals surface area contributed by atoms with Crippen molar-refractivity contribution in [2.75, 3.05) is 13.6 Å². The maximum Gasteiger partial charge on any atom is 0.267 e. The van der Waals surface area contributed by atoms with E-state index in [0.29, 0.717) is 13.0 Å². The smallest absolute Gasteiger partial charge is 0.267 e. The van der Waals surface area contributed by atoms with Crippen molar-refractivity contribution in [3.63, 3.8) is 0 Å². The van der Waals surface area contributed by atoms with Gasteiger partial charge >= 0.3 is 0 Å². The lowest BCUT2D eigenvalue weighted by Gasteiger charge is -2.10. The molecule has 3 N–H and O–H groups in total. The first-order chi connectivity index (χ1) is 9.83. The van der Waals surface area contributed by atoms with Gasteiger partial charge in [0, 0.05) is 26.8 Å². The summed E-state index contributed by atoms with van der Waals surface area (Å²) >= 11 is 0. The van der Waals surface area contributed by atoms with E-state index in [-0.39, 0.29) is 28.5 Å². The summed E-state index contributed by atoms with van der Waals surface area (Å²) in [7, 11) is -0.526. The minimum atomic E-state index is -3.64. The van der Waals surface area contributed by atoms with Crippen LogP contribution in [0.25, 0.3) is 0 Å². The van der Waals surface area contributed by atoms with Gasteiger partial charge in [0.15, 0.2) is 0 Å². The number of carbonyl (C=O) groups is 1. The number of aliphatic hydroxyl groups excluding tert-OH is 1. The first-order valence-electron chi connectivity index (χ1n) is 6.89. The van der Waals surface area contributed by atoms with Gasteiger partial charge in [-0.15, -0.1) is 0 Å². The van der Waals surface area contributed by atoms with Crippen LogP contribution < -0.4 is 10.0 Å². The van der Waals surface area contributed by atoms with E-state index in [0.717, 1.165) is 12.8 Å². The third-order valence-corrected chi connectivity index (χ3v) is 5.22. The van der Waals surface area contributed by atoms with Crippen LogP contribution in [0, 0.1) is 5.92 Å². The Hall–Kier alpha value is -1.38. The first kappa shape index (κ1) is 16.0. The van der Waals surface area contributed by atoms with Gasteiger partial charge in [-0.2, -0.15) is 0 Å². The average molecular weight is 315 g/mol. The van der Waals surface area contributed by atoms with Crippen LogP contribution in [0.4, 0.5) is 0 Å². The van der Waals surface area contributed by atoms with Crippen molar-refractivity contribution in [1.29, 1.82) is 0 Å². The number of aryl methyl sites for hydroxylation is 1. The van der Waals surface area contributed by atoms with E-state index in [9.17, 15) is 18.3 Å². The third kappa shape index (κ3) is 3.63. The molecule has 2 atom stereocenters. The van der Waals surface area contributed by atoms with E-state index in [1.165, 1.54) is 23.9 Å². The van der Waals surface area contributed by atoms with Crippen LogP contribution in [0.2, 0.25) is 0 Å². The van der Waals surface area contributed by atoms with Crippen LogP contribution in [0.3, 0.4) is 0 Å². The van der Waals surface area contributed by atoms with E-state index >= 15 is 0 Å². The van der Waals surface area contributed by atoms with Gasteiger partial charge in [-0.1, -0.05) is 0 Å². The minimum Gasteiger partial charge on any atom is -0.393 e. The Balaban J connectivity index is 2.07. The largest absolute Gasteiger partial charge is 0.393 e. The molecule has 118 valence electrons. The highest BCUT2D eigenvalue weighted by Crippen LogP contribution is 2.25. The summed E-state index contributed by atoms with van der Waals surface area (Å²) in [4.78, 5) is 11.7. The first-order valence-corrected chi connectivity index (χ1v) is 8.38. The molecule has 0 aliphatic heterocycles. The molecule has 0 saturated heterocycles. The number of amides is 1. The highest BCUT2D eigenvalue weighted by Gasteiger charge is 2.25. The van der Waals surface area contributed by atoms with Crippen molar-refractivity contribution in [2.24, 2.45) is 13.0 Å². The molecular formula is C13H21N3O4S. The van der Waals surface area contributed by atoms with Crippen molar-refractivity contribution in [3.8, 4) is 0 Å². The Morgan fingerprint density at radius 3 is 2.76 bits per heavy atom. The second kappa shape index (κ2) is 6.17. The zero-order valence-electron chi connectivity index (χ0n) is 12.2. The Morgan fingerprint density at radius 2 is 2.19 bits per heavy atom. The number of sulfonamides is 1. The maximum absolute atomic E-state index is 12.2. The molecule has 8 heteroatoms. The summed E-state index contributed by atoms with van der Waals surface area (Å²) in [6, 6.07) is 1.35. The summed E-state index contributed by atoms with van der Waals surface area (Å²) in [5, 5.41) is 11.9. The lowest BCUT2D eigenvalue weighted by Crippen LogP contribution is -2.28. The fraction of sp³-hybridized carbons (Fsp3) is 0.615. The molecule has 1 aromatic rings. The van der Waals surface area contributed by atoms with Gasteiger partial charge in [-0.25, -0.2) is 13.1 Å². The topological polar surface area (TPSA) is 100 Å². The van der Waals surface area contributed by atoms with Crippen molar-refractivity contribution in [2.45, 2.75) is 30.3 Å². The van der Waals surface area contributed by atoms with Gasteiger partial charge < -0.3 is 15.0 Å². The van der Waals surface area contributed by atoms with Crippen molar-refractivity contribution in [1.82, 2.24) is 14.6 Å². The number of aliphatic hydroxyl groups is 1. The summed E-state index contributed by atoms with van der Waals surface area (Å²) in [6.45, 7) is 0.309. The molecule has 1 fully saturated rings. The predicted octanol–water partition coefficient (Wildman–Crippen LogP) is -0.176. The van der Waals surface area contributed by atoms with Gasteiger partial charge in [-0.05, 0) is 31.2 Å². The Bertz CT molecular complexity index is 623.